The number of aryl methyl sites for hydroxylation is 1. The molecular weight excluding hydrogens is 617 g/mol. The predicted octanol–water partition coefficient (Wildman–Crippen LogP) is 11.8. The maximum absolute atomic E-state index is 4.96. The Balaban J connectivity index is 1.26. The molecule has 0 aliphatic heterocycles. The lowest BCUT2D eigenvalue weighted by Crippen LogP contribution is -2.01. The van der Waals surface area contributed by atoms with Crippen molar-refractivity contribution in [2.45, 2.75) is 6.92 Å². The fourth-order valence-corrected chi connectivity index (χ4v) is 7.91. The first-order valence-electron chi connectivity index (χ1n) is 16.3. The van der Waals surface area contributed by atoms with Gasteiger partial charge in [-0.05, 0) is 55.0 Å². The molecule has 232 valence electrons. The molecule has 49 heavy (non-hydrogen) atoms. The van der Waals surface area contributed by atoms with E-state index >= 15 is 0 Å². The topological polar surface area (TPSA) is 43.6 Å². The Hall–Kier alpha value is -6.17. The quantitative estimate of drug-likeness (QED) is 0.169. The third-order valence-electron chi connectivity index (χ3n) is 9.17. The minimum absolute atomic E-state index is 0.638. The molecule has 9 aromatic rings. The van der Waals surface area contributed by atoms with E-state index in [1.807, 2.05) is 84.2 Å². The van der Waals surface area contributed by atoms with Crippen LogP contribution in [0.15, 0.2) is 152 Å². The molecule has 3 heterocycles. The van der Waals surface area contributed by atoms with Crippen molar-refractivity contribution in [3.8, 4) is 39.9 Å². The Morgan fingerprint density at radius 2 is 1.18 bits per heavy atom. The number of nitrogens with zero attached hydrogens (tertiary/aromatic N) is 4. The van der Waals surface area contributed by atoms with Gasteiger partial charge in [-0.1, -0.05) is 116 Å². The van der Waals surface area contributed by atoms with Crippen molar-refractivity contribution in [1.29, 1.82) is 0 Å². The third-order valence-corrected chi connectivity index (χ3v) is 10.3. The highest BCUT2D eigenvalue weighted by atomic mass is 32.1. The van der Waals surface area contributed by atoms with E-state index in [-0.39, 0.29) is 0 Å². The molecule has 0 radical (unpaired) electrons. The molecule has 0 saturated heterocycles. The average molecular weight is 647 g/mol. The second-order valence-corrected chi connectivity index (χ2v) is 13.3. The van der Waals surface area contributed by atoms with Crippen LogP contribution in [0.4, 0.5) is 0 Å². The maximum atomic E-state index is 4.96. The van der Waals surface area contributed by atoms with E-state index in [0.717, 1.165) is 22.4 Å². The van der Waals surface area contributed by atoms with E-state index in [0.29, 0.717) is 17.5 Å². The molecule has 0 atom stereocenters. The zero-order valence-corrected chi connectivity index (χ0v) is 27.7. The summed E-state index contributed by atoms with van der Waals surface area (Å²) in [5.74, 6) is 1.94. The number of allylic oxidation sites excluding steroid dienone is 2. The number of hydrogen-bond acceptors (Lipinski definition) is 4. The molecule has 0 aliphatic carbocycles. The zero-order chi connectivity index (χ0) is 32.9. The van der Waals surface area contributed by atoms with E-state index < -0.39 is 0 Å². The van der Waals surface area contributed by atoms with Gasteiger partial charge in [0.1, 0.15) is 0 Å². The normalized spacial score (nSPS) is 11.8. The van der Waals surface area contributed by atoms with Gasteiger partial charge in [0, 0.05) is 58.9 Å². The number of thiophene rings is 1. The average Bonchev–Trinajstić information content (AvgIpc) is 3.69. The van der Waals surface area contributed by atoms with Crippen molar-refractivity contribution in [3.05, 3.63) is 163 Å². The van der Waals surface area contributed by atoms with Gasteiger partial charge in [0.15, 0.2) is 17.5 Å². The first-order chi connectivity index (χ1) is 24.2. The van der Waals surface area contributed by atoms with Gasteiger partial charge < -0.3 is 4.57 Å². The molecule has 6 aromatic carbocycles. The fraction of sp³-hybridized carbons (Fsp3) is 0.0227. The van der Waals surface area contributed by atoms with Crippen LogP contribution in [-0.2, 0) is 0 Å². The predicted molar refractivity (Wildman–Crippen MR) is 207 cm³/mol. The van der Waals surface area contributed by atoms with Gasteiger partial charge in [0.05, 0.1) is 11.0 Å². The summed E-state index contributed by atoms with van der Waals surface area (Å²) in [5, 5.41) is 5.06. The van der Waals surface area contributed by atoms with Crippen LogP contribution < -0.4 is 0 Å². The minimum Gasteiger partial charge on any atom is -0.309 e. The Morgan fingerprint density at radius 1 is 0.571 bits per heavy atom. The molecule has 4 nitrogen and oxygen atoms in total. The lowest BCUT2D eigenvalue weighted by atomic mass is 10.0. The van der Waals surface area contributed by atoms with Gasteiger partial charge in [0.2, 0.25) is 0 Å². The molecule has 0 unspecified atom stereocenters. The van der Waals surface area contributed by atoms with Crippen molar-refractivity contribution in [1.82, 2.24) is 19.5 Å². The highest BCUT2D eigenvalue weighted by molar-refractivity contribution is 7.25. The van der Waals surface area contributed by atoms with Crippen LogP contribution in [0.25, 0.3) is 87.9 Å². The highest BCUT2D eigenvalue weighted by Crippen LogP contribution is 2.42. The molecular formula is C44H30N4S. The lowest BCUT2D eigenvalue weighted by Gasteiger charge is -2.13. The van der Waals surface area contributed by atoms with E-state index in [1.165, 1.54) is 53.1 Å². The summed E-state index contributed by atoms with van der Waals surface area (Å²) in [5.41, 5.74) is 8.66. The van der Waals surface area contributed by atoms with Crippen LogP contribution in [0, 0.1) is 6.92 Å². The molecule has 0 spiro atoms. The van der Waals surface area contributed by atoms with Gasteiger partial charge in [-0.15, -0.1) is 11.3 Å². The van der Waals surface area contributed by atoms with Gasteiger partial charge in [-0.2, -0.15) is 0 Å². The van der Waals surface area contributed by atoms with Crippen LogP contribution >= 0.6 is 11.3 Å². The molecule has 5 heteroatoms. The Labute approximate surface area is 288 Å². The Kier molecular flexibility index (Phi) is 6.99. The Morgan fingerprint density at radius 3 is 1.84 bits per heavy atom. The molecule has 0 bridgehead atoms. The lowest BCUT2D eigenvalue weighted by molar-refractivity contribution is 1.07. The molecule has 0 N–H and O–H groups in total. The second kappa shape index (κ2) is 11.8. The van der Waals surface area contributed by atoms with Crippen LogP contribution in [-0.4, -0.2) is 19.5 Å². The summed E-state index contributed by atoms with van der Waals surface area (Å²) < 4.78 is 4.99. The van der Waals surface area contributed by atoms with Crippen LogP contribution in [0.3, 0.4) is 0 Å². The van der Waals surface area contributed by atoms with Gasteiger partial charge in [-0.25, -0.2) is 15.0 Å². The van der Waals surface area contributed by atoms with E-state index in [9.17, 15) is 0 Å². The number of hydrogen-bond donors (Lipinski definition) is 0. The van der Waals surface area contributed by atoms with Crippen molar-refractivity contribution in [3.63, 3.8) is 0 Å². The van der Waals surface area contributed by atoms with Crippen molar-refractivity contribution < 1.29 is 0 Å². The molecule has 0 aliphatic rings. The summed E-state index contributed by atoms with van der Waals surface area (Å²) in [7, 11) is 0. The maximum Gasteiger partial charge on any atom is 0.164 e. The summed E-state index contributed by atoms with van der Waals surface area (Å²) in [6, 6.07) is 46.7. The van der Waals surface area contributed by atoms with E-state index in [1.54, 1.807) is 0 Å². The summed E-state index contributed by atoms with van der Waals surface area (Å²) in [6.45, 7) is 6.12. The van der Waals surface area contributed by atoms with Gasteiger partial charge in [-0.3, -0.25) is 0 Å². The van der Waals surface area contributed by atoms with Crippen LogP contribution in [0.5, 0.6) is 0 Å². The Bertz CT molecular complexity index is 2660. The molecule has 9 rings (SSSR count). The number of benzene rings is 6. The number of fused-ring (bicyclic) bond motifs is 6. The fourth-order valence-electron chi connectivity index (χ4n) is 6.79. The van der Waals surface area contributed by atoms with Gasteiger partial charge >= 0.3 is 0 Å². The first-order valence-corrected chi connectivity index (χ1v) is 17.1. The summed E-state index contributed by atoms with van der Waals surface area (Å²) >= 11 is 1.85. The molecule has 3 aromatic heterocycles. The molecule has 0 fully saturated rings. The van der Waals surface area contributed by atoms with Gasteiger partial charge in [0.25, 0.3) is 0 Å². The largest absolute Gasteiger partial charge is 0.309 e. The smallest absolute Gasteiger partial charge is 0.164 e. The monoisotopic (exact) mass is 646 g/mol. The second-order valence-electron chi connectivity index (χ2n) is 12.2. The van der Waals surface area contributed by atoms with E-state index in [2.05, 4.69) is 96.9 Å². The van der Waals surface area contributed by atoms with Crippen LogP contribution in [0.2, 0.25) is 0 Å². The number of aromatic nitrogens is 4. The third kappa shape index (κ3) is 4.95. The first kappa shape index (κ1) is 29.0. The van der Waals surface area contributed by atoms with Crippen molar-refractivity contribution in [2.75, 3.05) is 0 Å². The van der Waals surface area contributed by atoms with Crippen molar-refractivity contribution >= 4 is 59.4 Å². The SMILES string of the molecule is C=C/C=C\c1c(C)ccc2c3cc4c(cc3n(-c3ccc(-c5nc(-c6ccccc6)nc(-c6ccccc6)n5)cc3)c12)sc1ccccc14. The summed E-state index contributed by atoms with van der Waals surface area (Å²) in [4.78, 5) is 14.8. The molecule has 0 saturated carbocycles. The number of rotatable bonds is 6. The standard InChI is InChI=1S/C44H30N4S/c1-3-4-17-33-28(2)20-25-35-36-26-37-34-18-11-12-19-39(34)49-40(37)27-38(36)48(41(33)35)32-23-21-31(22-24-32)44-46-42(29-13-7-5-8-14-29)45-43(47-44)30-15-9-6-10-16-30/h3-27H,1H2,2H3/b17-4-. The van der Waals surface area contributed by atoms with Crippen molar-refractivity contribution in [2.24, 2.45) is 0 Å². The van der Waals surface area contributed by atoms with Crippen LogP contribution in [0.1, 0.15) is 11.1 Å². The summed E-state index contributed by atoms with van der Waals surface area (Å²) in [6.07, 6.45) is 6.03. The molecule has 0 amide bonds. The highest BCUT2D eigenvalue weighted by Gasteiger charge is 2.19. The van der Waals surface area contributed by atoms with E-state index in [4.69, 9.17) is 15.0 Å². The zero-order valence-electron chi connectivity index (χ0n) is 26.8. The minimum atomic E-state index is 0.638.